The van der Waals surface area contributed by atoms with E-state index in [9.17, 15) is 0 Å². The number of furan rings is 1. The number of aromatic nitrogens is 1. The fraction of sp³-hybridized carbons (Fsp3) is 0.0364. The molecule has 1 aliphatic carbocycles. The number of hydrogen-bond donors (Lipinski definition) is 0. The van der Waals surface area contributed by atoms with Gasteiger partial charge >= 0.3 is 0 Å². The van der Waals surface area contributed by atoms with Gasteiger partial charge < -0.3 is 9.32 Å². The second-order valence-corrected chi connectivity index (χ2v) is 17.5. The molecule has 0 N–H and O–H groups in total. The smallest absolute Gasteiger partial charge is 0.137 e. The highest BCUT2D eigenvalue weighted by atomic mass is 32.1. The minimum absolute atomic E-state index is 0.305. The average Bonchev–Trinajstić information content (AvgIpc) is 4.04. The lowest BCUT2D eigenvalue weighted by Gasteiger charge is -2.29. The Kier molecular flexibility index (Phi) is 8.36. The first-order valence-electron chi connectivity index (χ1n) is 20.4. The molecule has 0 spiro atoms. The second kappa shape index (κ2) is 14.3. The molecule has 5 heteroatoms. The fourth-order valence-electron chi connectivity index (χ4n) is 8.89. The van der Waals surface area contributed by atoms with Crippen LogP contribution in [-0.4, -0.2) is 4.98 Å². The Bertz CT molecular complexity index is 3450. The molecule has 0 saturated carbocycles. The SMILES string of the molecule is C1=CC(c2cccc3c2sc2ccccc23)CC=C1N(c1ccc(-c2ccccc2)cc1)c1ccc(-c2ccc3oc4ccc5sc(-c6ccccc6)nc5c4c3c2)cc1. The number of anilines is 2. The zero-order chi connectivity index (χ0) is 39.6. The van der Waals surface area contributed by atoms with E-state index in [0.29, 0.717) is 5.92 Å². The van der Waals surface area contributed by atoms with Crippen molar-refractivity contribution in [2.24, 2.45) is 0 Å². The molecule has 1 aliphatic rings. The third-order valence-electron chi connectivity index (χ3n) is 11.9. The summed E-state index contributed by atoms with van der Waals surface area (Å²) >= 11 is 3.64. The van der Waals surface area contributed by atoms with Crippen LogP contribution in [0.1, 0.15) is 17.9 Å². The number of nitrogens with zero attached hydrogens (tertiary/aromatic N) is 2. The number of fused-ring (bicyclic) bond motifs is 8. The molecule has 1 unspecified atom stereocenters. The van der Waals surface area contributed by atoms with Gasteiger partial charge in [0.1, 0.15) is 16.2 Å². The summed E-state index contributed by atoms with van der Waals surface area (Å²) in [5.41, 5.74) is 13.4. The summed E-state index contributed by atoms with van der Waals surface area (Å²) in [6.07, 6.45) is 8.06. The molecule has 3 nitrogen and oxygen atoms in total. The molecule has 0 bridgehead atoms. The standard InChI is InChI=1S/C55H36N2OS2/c1-3-10-35(11-4-1)36-18-25-41(26-19-36)57(43-29-22-38(23-30-43)44-15-9-16-46-45-14-7-8-17-50(45)59-54(44)46)42-27-20-37(21-28-42)40-24-31-48-47(34-40)52-49(58-48)32-33-51-53(52)56-55(60-51)39-12-5-2-6-13-39/h1-22,24-34,38H,23H2. The van der Waals surface area contributed by atoms with Crippen LogP contribution in [0.4, 0.5) is 11.4 Å². The highest BCUT2D eigenvalue weighted by molar-refractivity contribution is 7.26. The van der Waals surface area contributed by atoms with Crippen molar-refractivity contribution in [3.05, 3.63) is 211 Å². The Morgan fingerprint density at radius 1 is 0.517 bits per heavy atom. The largest absolute Gasteiger partial charge is 0.456 e. The molecule has 284 valence electrons. The zero-order valence-corrected chi connectivity index (χ0v) is 34.1. The van der Waals surface area contributed by atoms with Gasteiger partial charge in [0, 0.05) is 54.1 Å². The number of thiophene rings is 1. The van der Waals surface area contributed by atoms with Crippen LogP contribution < -0.4 is 4.90 Å². The normalized spacial score (nSPS) is 14.1. The molecule has 3 aromatic heterocycles. The van der Waals surface area contributed by atoms with Crippen LogP contribution in [0.3, 0.4) is 0 Å². The van der Waals surface area contributed by atoms with E-state index >= 15 is 0 Å². The predicted octanol–water partition coefficient (Wildman–Crippen LogP) is 16.3. The van der Waals surface area contributed by atoms with Crippen LogP contribution in [0.15, 0.2) is 210 Å². The van der Waals surface area contributed by atoms with Crippen LogP contribution in [-0.2, 0) is 0 Å². The van der Waals surface area contributed by atoms with Crippen molar-refractivity contribution in [2.45, 2.75) is 12.3 Å². The molecule has 0 fully saturated rings. The molecule has 12 rings (SSSR count). The third kappa shape index (κ3) is 5.97. The van der Waals surface area contributed by atoms with Gasteiger partial charge in [-0.3, -0.25) is 0 Å². The molecule has 3 heterocycles. The van der Waals surface area contributed by atoms with Crippen molar-refractivity contribution in [3.63, 3.8) is 0 Å². The predicted molar refractivity (Wildman–Crippen MR) is 256 cm³/mol. The number of hydrogen-bond acceptors (Lipinski definition) is 5. The van der Waals surface area contributed by atoms with Gasteiger partial charge in [-0.15, -0.1) is 22.7 Å². The monoisotopic (exact) mass is 804 g/mol. The first-order chi connectivity index (χ1) is 29.7. The summed E-state index contributed by atoms with van der Waals surface area (Å²) in [4.78, 5) is 7.54. The molecule has 60 heavy (non-hydrogen) atoms. The Balaban J connectivity index is 0.902. The van der Waals surface area contributed by atoms with Gasteiger partial charge in [0.15, 0.2) is 0 Å². The summed E-state index contributed by atoms with van der Waals surface area (Å²) in [5, 5.41) is 5.87. The Labute approximate surface area is 355 Å². The van der Waals surface area contributed by atoms with E-state index in [4.69, 9.17) is 9.40 Å². The maximum Gasteiger partial charge on any atom is 0.137 e. The Morgan fingerprint density at radius 2 is 1.17 bits per heavy atom. The number of thiazole rings is 1. The molecule has 0 radical (unpaired) electrons. The minimum Gasteiger partial charge on any atom is -0.456 e. The Hall–Kier alpha value is -7.05. The van der Waals surface area contributed by atoms with Crippen LogP contribution in [0, 0.1) is 0 Å². The quantitative estimate of drug-likeness (QED) is 0.161. The molecule has 11 aromatic rings. The number of allylic oxidation sites excluding steroid dienone is 3. The van der Waals surface area contributed by atoms with Crippen molar-refractivity contribution in [3.8, 4) is 32.8 Å². The highest BCUT2D eigenvalue weighted by Gasteiger charge is 2.22. The first kappa shape index (κ1) is 34.9. The van der Waals surface area contributed by atoms with Crippen molar-refractivity contribution in [1.29, 1.82) is 0 Å². The topological polar surface area (TPSA) is 29.3 Å². The van der Waals surface area contributed by atoms with E-state index in [1.54, 1.807) is 11.3 Å². The number of rotatable bonds is 7. The first-order valence-corrected chi connectivity index (χ1v) is 22.0. The van der Waals surface area contributed by atoms with Crippen LogP contribution in [0.5, 0.6) is 0 Å². The van der Waals surface area contributed by atoms with Crippen LogP contribution >= 0.6 is 22.7 Å². The maximum absolute atomic E-state index is 6.39. The van der Waals surface area contributed by atoms with Gasteiger partial charge in [-0.1, -0.05) is 140 Å². The molecule has 8 aromatic carbocycles. The lowest BCUT2D eigenvalue weighted by Crippen LogP contribution is -2.17. The van der Waals surface area contributed by atoms with Gasteiger partial charge in [0.2, 0.25) is 0 Å². The maximum atomic E-state index is 6.39. The van der Waals surface area contributed by atoms with Crippen molar-refractivity contribution in [1.82, 2.24) is 4.98 Å². The van der Waals surface area contributed by atoms with Gasteiger partial charge in [0.25, 0.3) is 0 Å². The molecular weight excluding hydrogens is 769 g/mol. The van der Waals surface area contributed by atoms with Gasteiger partial charge in [-0.05, 0) is 94.9 Å². The molecule has 0 amide bonds. The Morgan fingerprint density at radius 3 is 1.92 bits per heavy atom. The summed E-state index contributed by atoms with van der Waals surface area (Å²) < 4.78 is 10.3. The molecular formula is C55H36N2OS2. The summed E-state index contributed by atoms with van der Waals surface area (Å²) in [6, 6.07) is 65.3. The van der Waals surface area contributed by atoms with E-state index in [1.165, 1.54) is 42.6 Å². The number of benzene rings is 8. The zero-order valence-electron chi connectivity index (χ0n) is 32.5. The highest BCUT2D eigenvalue weighted by Crippen LogP contribution is 2.44. The molecule has 1 atom stereocenters. The van der Waals surface area contributed by atoms with Crippen LogP contribution in [0.2, 0.25) is 0 Å². The van der Waals surface area contributed by atoms with E-state index in [1.807, 2.05) is 17.4 Å². The second-order valence-electron chi connectivity index (χ2n) is 15.4. The van der Waals surface area contributed by atoms with Gasteiger partial charge in [0.05, 0.1) is 15.6 Å². The van der Waals surface area contributed by atoms with E-state index in [2.05, 4.69) is 199 Å². The summed E-state index contributed by atoms with van der Waals surface area (Å²) in [6.45, 7) is 0. The van der Waals surface area contributed by atoms with Gasteiger partial charge in [-0.25, -0.2) is 4.98 Å². The molecule has 0 aliphatic heterocycles. The fourth-order valence-corrected chi connectivity index (χ4v) is 11.1. The lowest BCUT2D eigenvalue weighted by molar-refractivity contribution is 0.669. The van der Waals surface area contributed by atoms with Crippen molar-refractivity contribution in [2.75, 3.05) is 4.90 Å². The van der Waals surface area contributed by atoms with E-state index < -0.39 is 0 Å². The minimum atomic E-state index is 0.305. The lowest BCUT2D eigenvalue weighted by atomic mass is 9.90. The van der Waals surface area contributed by atoms with Crippen molar-refractivity contribution < 1.29 is 4.42 Å². The molecule has 0 saturated heterocycles. The summed E-state index contributed by atoms with van der Waals surface area (Å²) in [7, 11) is 0. The van der Waals surface area contributed by atoms with E-state index in [0.717, 1.165) is 71.6 Å². The van der Waals surface area contributed by atoms with Gasteiger partial charge in [-0.2, -0.15) is 0 Å². The summed E-state index contributed by atoms with van der Waals surface area (Å²) in [5.74, 6) is 0.305. The van der Waals surface area contributed by atoms with Crippen LogP contribution in [0.25, 0.3) is 85.2 Å². The van der Waals surface area contributed by atoms with E-state index in [-0.39, 0.29) is 0 Å². The average molecular weight is 805 g/mol. The third-order valence-corrected chi connectivity index (χ3v) is 14.2. The van der Waals surface area contributed by atoms with Crippen molar-refractivity contribution >= 4 is 86.4 Å².